The van der Waals surface area contributed by atoms with E-state index in [1.54, 1.807) is 66.7 Å². The fraction of sp³-hybridized carbons (Fsp3) is 0.0455. The van der Waals surface area contributed by atoms with E-state index in [2.05, 4.69) is 15.8 Å². The molecule has 3 aromatic carbocycles. The molecule has 0 fully saturated rings. The third-order valence-corrected chi connectivity index (χ3v) is 4.63. The number of hydrogen-bond donors (Lipinski definition) is 2. The summed E-state index contributed by atoms with van der Waals surface area (Å²) in [5.41, 5.74) is 4.54. The number of carbonyl (C=O) groups excluding carboxylic acids is 2. The van der Waals surface area contributed by atoms with E-state index < -0.39 is 0 Å². The first-order valence-electron chi connectivity index (χ1n) is 8.99. The van der Waals surface area contributed by atoms with Crippen LogP contribution in [0.3, 0.4) is 0 Å². The summed E-state index contributed by atoms with van der Waals surface area (Å²) in [5.74, 6) is 0.611. The van der Waals surface area contributed by atoms with E-state index in [4.69, 9.17) is 21.1 Å². The summed E-state index contributed by atoms with van der Waals surface area (Å²) in [5, 5.41) is 7.07. The van der Waals surface area contributed by atoms with Crippen molar-refractivity contribution in [2.75, 3.05) is 12.1 Å². The van der Waals surface area contributed by atoms with Crippen LogP contribution in [-0.4, -0.2) is 24.8 Å². The first kappa shape index (κ1) is 19.5. The third-order valence-electron chi connectivity index (χ3n) is 4.30. The van der Waals surface area contributed by atoms with Crippen molar-refractivity contribution in [3.63, 3.8) is 0 Å². The highest BCUT2D eigenvalue weighted by Crippen LogP contribution is 2.31. The second-order valence-electron chi connectivity index (χ2n) is 6.32. The SMILES string of the molecule is O=C(NN=Cc1ccc2c(c1)OCO2)c1ccc(NC(=O)c2ccccc2Cl)cc1. The molecule has 1 aliphatic heterocycles. The third kappa shape index (κ3) is 4.42. The van der Waals surface area contributed by atoms with Gasteiger partial charge in [-0.15, -0.1) is 0 Å². The molecule has 3 aromatic rings. The molecule has 30 heavy (non-hydrogen) atoms. The normalized spacial score (nSPS) is 12.0. The highest BCUT2D eigenvalue weighted by atomic mass is 35.5. The van der Waals surface area contributed by atoms with E-state index in [1.165, 1.54) is 6.21 Å². The lowest BCUT2D eigenvalue weighted by Gasteiger charge is -2.07. The Kier molecular flexibility index (Phi) is 5.63. The lowest BCUT2D eigenvalue weighted by molar-refractivity contribution is 0.0954. The van der Waals surface area contributed by atoms with Crippen LogP contribution < -0.4 is 20.2 Å². The molecule has 4 rings (SSSR count). The van der Waals surface area contributed by atoms with Crippen molar-refractivity contribution in [1.29, 1.82) is 0 Å². The Morgan fingerprint density at radius 1 is 0.933 bits per heavy atom. The van der Waals surface area contributed by atoms with Gasteiger partial charge in [-0.3, -0.25) is 9.59 Å². The molecule has 7 nitrogen and oxygen atoms in total. The Morgan fingerprint density at radius 2 is 1.70 bits per heavy atom. The van der Waals surface area contributed by atoms with Crippen LogP contribution >= 0.6 is 11.6 Å². The predicted octanol–water partition coefficient (Wildman–Crippen LogP) is 4.08. The molecule has 0 unspecified atom stereocenters. The Balaban J connectivity index is 1.35. The number of fused-ring (bicyclic) bond motifs is 1. The van der Waals surface area contributed by atoms with Gasteiger partial charge in [-0.25, -0.2) is 5.43 Å². The van der Waals surface area contributed by atoms with Gasteiger partial charge < -0.3 is 14.8 Å². The number of anilines is 1. The molecule has 1 aliphatic rings. The minimum Gasteiger partial charge on any atom is -0.454 e. The molecule has 0 saturated carbocycles. The van der Waals surface area contributed by atoms with Crippen molar-refractivity contribution < 1.29 is 19.1 Å². The molecular formula is C22H16ClN3O4. The van der Waals surface area contributed by atoms with Gasteiger partial charge in [0.25, 0.3) is 11.8 Å². The summed E-state index contributed by atoms with van der Waals surface area (Å²) in [6.07, 6.45) is 1.51. The summed E-state index contributed by atoms with van der Waals surface area (Å²) >= 11 is 6.03. The molecule has 0 aliphatic carbocycles. The number of carbonyl (C=O) groups is 2. The van der Waals surface area contributed by atoms with Crippen molar-refractivity contribution in [2.45, 2.75) is 0 Å². The fourth-order valence-corrected chi connectivity index (χ4v) is 2.99. The number of amides is 2. The molecule has 0 radical (unpaired) electrons. The molecule has 0 aromatic heterocycles. The van der Waals surface area contributed by atoms with Crippen molar-refractivity contribution in [1.82, 2.24) is 5.43 Å². The Hall–Kier alpha value is -3.84. The van der Waals surface area contributed by atoms with Crippen molar-refractivity contribution >= 4 is 35.3 Å². The molecule has 2 amide bonds. The van der Waals surface area contributed by atoms with Gasteiger partial charge in [0.05, 0.1) is 16.8 Å². The lowest BCUT2D eigenvalue weighted by Crippen LogP contribution is -2.18. The van der Waals surface area contributed by atoms with Gasteiger partial charge in [0.2, 0.25) is 6.79 Å². The number of hydrazone groups is 1. The van der Waals surface area contributed by atoms with Crippen LogP contribution in [0.4, 0.5) is 5.69 Å². The average molecular weight is 422 g/mol. The first-order valence-corrected chi connectivity index (χ1v) is 9.37. The largest absolute Gasteiger partial charge is 0.454 e. The molecule has 0 saturated heterocycles. The highest BCUT2D eigenvalue weighted by Gasteiger charge is 2.13. The lowest BCUT2D eigenvalue weighted by atomic mass is 10.1. The van der Waals surface area contributed by atoms with E-state index in [9.17, 15) is 9.59 Å². The summed E-state index contributed by atoms with van der Waals surface area (Å²) < 4.78 is 10.5. The number of halogens is 1. The monoisotopic (exact) mass is 421 g/mol. The zero-order valence-electron chi connectivity index (χ0n) is 15.6. The van der Waals surface area contributed by atoms with Gasteiger partial charge in [-0.05, 0) is 60.2 Å². The quantitative estimate of drug-likeness (QED) is 0.479. The second-order valence-corrected chi connectivity index (χ2v) is 6.73. The molecule has 8 heteroatoms. The molecule has 0 spiro atoms. The Bertz CT molecular complexity index is 1130. The van der Waals surface area contributed by atoms with Crippen LogP contribution in [-0.2, 0) is 0 Å². The number of benzene rings is 3. The maximum absolute atomic E-state index is 12.3. The Morgan fingerprint density at radius 3 is 2.50 bits per heavy atom. The maximum atomic E-state index is 12.3. The van der Waals surface area contributed by atoms with Crippen LogP contribution in [0.15, 0.2) is 71.8 Å². The zero-order valence-corrected chi connectivity index (χ0v) is 16.3. The van der Waals surface area contributed by atoms with Crippen molar-refractivity contribution in [3.8, 4) is 11.5 Å². The summed E-state index contributed by atoms with van der Waals surface area (Å²) in [6.45, 7) is 0.196. The van der Waals surface area contributed by atoms with Gasteiger partial charge in [0, 0.05) is 11.3 Å². The van der Waals surface area contributed by atoms with Crippen LogP contribution in [0.1, 0.15) is 26.3 Å². The molecule has 0 atom stereocenters. The molecule has 150 valence electrons. The van der Waals surface area contributed by atoms with Crippen LogP contribution in [0.5, 0.6) is 11.5 Å². The van der Waals surface area contributed by atoms with Gasteiger partial charge in [0.1, 0.15) is 0 Å². The second kappa shape index (κ2) is 8.67. The van der Waals surface area contributed by atoms with Gasteiger partial charge in [0.15, 0.2) is 11.5 Å². The van der Waals surface area contributed by atoms with E-state index in [0.29, 0.717) is 33.3 Å². The van der Waals surface area contributed by atoms with Gasteiger partial charge >= 0.3 is 0 Å². The van der Waals surface area contributed by atoms with E-state index in [0.717, 1.165) is 5.56 Å². The van der Waals surface area contributed by atoms with Crippen molar-refractivity contribution in [3.05, 3.63) is 88.4 Å². The highest BCUT2D eigenvalue weighted by molar-refractivity contribution is 6.34. The van der Waals surface area contributed by atoms with Crippen LogP contribution in [0.2, 0.25) is 5.02 Å². The van der Waals surface area contributed by atoms with Crippen LogP contribution in [0, 0.1) is 0 Å². The molecular weight excluding hydrogens is 406 g/mol. The standard InChI is InChI=1S/C22H16ClN3O4/c23-18-4-2-1-3-17(18)22(28)25-16-8-6-15(7-9-16)21(27)26-24-12-14-5-10-19-20(11-14)30-13-29-19/h1-12H,13H2,(H,25,28)(H,26,27). The predicted molar refractivity (Wildman–Crippen MR) is 113 cm³/mol. The average Bonchev–Trinajstić information content (AvgIpc) is 3.22. The number of rotatable bonds is 5. The van der Waals surface area contributed by atoms with E-state index in [1.807, 2.05) is 0 Å². The van der Waals surface area contributed by atoms with Gasteiger partial charge in [-0.1, -0.05) is 23.7 Å². The zero-order chi connectivity index (χ0) is 20.9. The van der Waals surface area contributed by atoms with Crippen molar-refractivity contribution in [2.24, 2.45) is 5.10 Å². The molecule has 1 heterocycles. The molecule has 0 bridgehead atoms. The number of hydrogen-bond acceptors (Lipinski definition) is 5. The minimum atomic E-state index is -0.379. The smallest absolute Gasteiger partial charge is 0.271 e. The van der Waals surface area contributed by atoms with Crippen LogP contribution in [0.25, 0.3) is 0 Å². The van der Waals surface area contributed by atoms with E-state index >= 15 is 0 Å². The van der Waals surface area contributed by atoms with E-state index in [-0.39, 0.29) is 18.6 Å². The topological polar surface area (TPSA) is 89.0 Å². The minimum absolute atomic E-state index is 0.196. The maximum Gasteiger partial charge on any atom is 0.271 e. The number of nitrogens with zero attached hydrogens (tertiary/aromatic N) is 1. The summed E-state index contributed by atoms with van der Waals surface area (Å²) in [4.78, 5) is 24.5. The number of nitrogens with one attached hydrogen (secondary N) is 2. The number of ether oxygens (including phenoxy) is 2. The fourth-order valence-electron chi connectivity index (χ4n) is 2.77. The van der Waals surface area contributed by atoms with Gasteiger partial charge in [-0.2, -0.15) is 5.10 Å². The summed E-state index contributed by atoms with van der Waals surface area (Å²) in [7, 11) is 0. The Labute approximate surface area is 177 Å². The summed E-state index contributed by atoms with van der Waals surface area (Å²) in [6, 6.07) is 18.6. The molecule has 2 N–H and O–H groups in total. The first-order chi connectivity index (χ1) is 14.6.